The molecule has 4 aliphatic carbocycles. The number of allylic oxidation sites excluding steroid dienone is 4. The summed E-state index contributed by atoms with van der Waals surface area (Å²) in [5, 5.41) is 0. The molecular formula is C29H48. The Balaban J connectivity index is 1.48. The van der Waals surface area contributed by atoms with E-state index in [1.807, 2.05) is 5.57 Å². The maximum atomic E-state index is 2.74. The first-order chi connectivity index (χ1) is 13.8. The summed E-state index contributed by atoms with van der Waals surface area (Å²) in [7, 11) is 0. The van der Waals surface area contributed by atoms with Crippen LogP contribution in [0.5, 0.6) is 0 Å². The fourth-order valence-corrected chi connectivity index (χ4v) is 8.59. The zero-order valence-electron chi connectivity index (χ0n) is 20.3. The van der Waals surface area contributed by atoms with Gasteiger partial charge in [0, 0.05) is 0 Å². The molecule has 0 spiro atoms. The molecule has 0 aromatic heterocycles. The van der Waals surface area contributed by atoms with Gasteiger partial charge in [0.1, 0.15) is 0 Å². The number of rotatable bonds is 5. The average Bonchev–Trinajstić information content (AvgIpc) is 3.02. The normalized spacial score (nSPS) is 45.6. The summed E-state index contributed by atoms with van der Waals surface area (Å²) in [5.41, 5.74) is 3.01. The van der Waals surface area contributed by atoms with E-state index in [2.05, 4.69) is 59.8 Å². The van der Waals surface area contributed by atoms with E-state index in [4.69, 9.17) is 0 Å². The van der Waals surface area contributed by atoms with Gasteiger partial charge in [-0.1, -0.05) is 65.3 Å². The molecule has 0 nitrogen and oxygen atoms in total. The van der Waals surface area contributed by atoms with Crippen molar-refractivity contribution in [3.8, 4) is 0 Å². The first kappa shape index (κ1) is 21.7. The standard InChI is InChI=1S/C29H48/c1-7-22(20(2)3)9-8-10-23-12-14-26-25-13-11-24-19-21(4)15-17-29(24,6)27(25)16-18-28(23,26)5/h8-9,11,20-23,25-27H,7,10,12-19H2,1-6H3/b9-8+. The van der Waals surface area contributed by atoms with Crippen LogP contribution in [0.25, 0.3) is 0 Å². The predicted molar refractivity (Wildman–Crippen MR) is 127 cm³/mol. The minimum atomic E-state index is 0.542. The molecular weight excluding hydrogens is 348 g/mol. The number of fused-ring (bicyclic) bond motifs is 5. The molecule has 0 heteroatoms. The smallest absolute Gasteiger partial charge is 0.00851 e. The Morgan fingerprint density at radius 3 is 2.59 bits per heavy atom. The third kappa shape index (κ3) is 3.70. The van der Waals surface area contributed by atoms with Gasteiger partial charge in [-0.05, 0) is 116 Å². The van der Waals surface area contributed by atoms with Crippen LogP contribution in [-0.4, -0.2) is 0 Å². The van der Waals surface area contributed by atoms with Crippen molar-refractivity contribution < 1.29 is 0 Å². The lowest BCUT2D eigenvalue weighted by atomic mass is 9.47. The summed E-state index contributed by atoms with van der Waals surface area (Å²) in [6.45, 7) is 14.9. The zero-order valence-corrected chi connectivity index (χ0v) is 20.3. The summed E-state index contributed by atoms with van der Waals surface area (Å²) in [4.78, 5) is 0. The molecule has 0 aromatic carbocycles. The second kappa shape index (κ2) is 8.20. The van der Waals surface area contributed by atoms with Crippen LogP contribution >= 0.6 is 0 Å². The molecule has 0 amide bonds. The van der Waals surface area contributed by atoms with Gasteiger partial charge < -0.3 is 0 Å². The van der Waals surface area contributed by atoms with Crippen LogP contribution in [0.2, 0.25) is 0 Å². The number of hydrogen-bond acceptors (Lipinski definition) is 0. The Labute approximate surface area is 182 Å². The molecule has 0 N–H and O–H groups in total. The third-order valence-electron chi connectivity index (χ3n) is 10.7. The summed E-state index contributed by atoms with van der Waals surface area (Å²) in [6, 6.07) is 0. The van der Waals surface area contributed by atoms with Gasteiger partial charge in [-0.15, -0.1) is 0 Å². The van der Waals surface area contributed by atoms with Gasteiger partial charge in [0.25, 0.3) is 0 Å². The lowest BCUT2D eigenvalue weighted by molar-refractivity contribution is -0.0432. The summed E-state index contributed by atoms with van der Waals surface area (Å²) in [6.07, 6.45) is 22.2. The van der Waals surface area contributed by atoms with Crippen molar-refractivity contribution in [3.63, 3.8) is 0 Å². The Morgan fingerprint density at radius 2 is 1.86 bits per heavy atom. The van der Waals surface area contributed by atoms with Crippen molar-refractivity contribution in [2.45, 2.75) is 106 Å². The fraction of sp³-hybridized carbons (Fsp3) is 0.862. The minimum absolute atomic E-state index is 0.542. The lowest BCUT2D eigenvalue weighted by Crippen LogP contribution is -2.49. The molecule has 0 heterocycles. The first-order valence-electron chi connectivity index (χ1n) is 13.2. The molecule has 4 aliphatic rings. The Morgan fingerprint density at radius 1 is 1.07 bits per heavy atom. The SMILES string of the molecule is CCC(/C=C/CC1CCC2C3CC=C4CC(C)CCC4(C)C3CCC12C)C(C)C. The molecule has 0 aromatic rings. The monoisotopic (exact) mass is 396 g/mol. The van der Waals surface area contributed by atoms with Crippen LogP contribution < -0.4 is 0 Å². The molecule has 0 saturated heterocycles. The second-order valence-electron chi connectivity index (χ2n) is 12.4. The van der Waals surface area contributed by atoms with Gasteiger partial charge in [-0.3, -0.25) is 0 Å². The summed E-state index contributed by atoms with van der Waals surface area (Å²) >= 11 is 0. The van der Waals surface area contributed by atoms with E-state index in [0.717, 1.165) is 41.4 Å². The summed E-state index contributed by atoms with van der Waals surface area (Å²) in [5.74, 6) is 6.34. The molecule has 8 unspecified atom stereocenters. The average molecular weight is 397 g/mol. The zero-order chi connectivity index (χ0) is 20.8. The van der Waals surface area contributed by atoms with Crippen LogP contribution in [0, 0.1) is 52.3 Å². The van der Waals surface area contributed by atoms with Crippen molar-refractivity contribution in [1.82, 2.24) is 0 Å². The quantitative estimate of drug-likeness (QED) is 0.407. The van der Waals surface area contributed by atoms with Crippen LogP contribution in [0.1, 0.15) is 106 Å². The van der Waals surface area contributed by atoms with Crippen molar-refractivity contribution in [3.05, 3.63) is 23.8 Å². The van der Waals surface area contributed by atoms with E-state index in [1.54, 1.807) is 0 Å². The number of hydrogen-bond donors (Lipinski definition) is 0. The lowest BCUT2D eigenvalue weighted by Gasteiger charge is -2.58. The molecule has 3 fully saturated rings. The van der Waals surface area contributed by atoms with Crippen molar-refractivity contribution in [1.29, 1.82) is 0 Å². The van der Waals surface area contributed by atoms with Gasteiger partial charge in [-0.25, -0.2) is 0 Å². The Hall–Kier alpha value is -0.520. The molecule has 0 aliphatic heterocycles. The van der Waals surface area contributed by atoms with E-state index in [9.17, 15) is 0 Å². The van der Waals surface area contributed by atoms with Crippen LogP contribution in [0.15, 0.2) is 23.8 Å². The van der Waals surface area contributed by atoms with Crippen LogP contribution in [0.3, 0.4) is 0 Å². The third-order valence-corrected chi connectivity index (χ3v) is 10.7. The molecule has 164 valence electrons. The van der Waals surface area contributed by atoms with E-state index in [0.29, 0.717) is 10.8 Å². The molecule has 3 saturated carbocycles. The van der Waals surface area contributed by atoms with Gasteiger partial charge in [0.2, 0.25) is 0 Å². The maximum Gasteiger partial charge on any atom is -0.00851 e. The Kier molecular flexibility index (Phi) is 6.14. The molecule has 0 bridgehead atoms. The van der Waals surface area contributed by atoms with E-state index in [1.165, 1.54) is 64.2 Å². The molecule has 0 radical (unpaired) electrons. The molecule has 8 atom stereocenters. The maximum absolute atomic E-state index is 2.74. The van der Waals surface area contributed by atoms with Crippen LogP contribution in [-0.2, 0) is 0 Å². The van der Waals surface area contributed by atoms with E-state index < -0.39 is 0 Å². The minimum Gasteiger partial charge on any atom is -0.0880 e. The van der Waals surface area contributed by atoms with Crippen molar-refractivity contribution in [2.75, 3.05) is 0 Å². The Bertz CT molecular complexity index is 638. The largest absolute Gasteiger partial charge is 0.0880 e. The highest BCUT2D eigenvalue weighted by Crippen LogP contribution is 2.66. The second-order valence-corrected chi connectivity index (χ2v) is 12.4. The topological polar surface area (TPSA) is 0 Å². The predicted octanol–water partition coefficient (Wildman–Crippen LogP) is 8.83. The van der Waals surface area contributed by atoms with E-state index >= 15 is 0 Å². The van der Waals surface area contributed by atoms with Crippen molar-refractivity contribution >= 4 is 0 Å². The highest BCUT2D eigenvalue weighted by atomic mass is 14.6. The van der Waals surface area contributed by atoms with Gasteiger partial charge in [-0.2, -0.15) is 0 Å². The van der Waals surface area contributed by atoms with Crippen LogP contribution in [0.4, 0.5) is 0 Å². The molecule has 29 heavy (non-hydrogen) atoms. The first-order valence-corrected chi connectivity index (χ1v) is 13.2. The van der Waals surface area contributed by atoms with Crippen molar-refractivity contribution in [2.24, 2.45) is 52.3 Å². The summed E-state index contributed by atoms with van der Waals surface area (Å²) < 4.78 is 0. The van der Waals surface area contributed by atoms with Gasteiger partial charge in [0.05, 0.1) is 0 Å². The van der Waals surface area contributed by atoms with E-state index in [-0.39, 0.29) is 0 Å². The van der Waals surface area contributed by atoms with Gasteiger partial charge in [0.15, 0.2) is 0 Å². The molecule has 4 rings (SSSR count). The highest BCUT2D eigenvalue weighted by molar-refractivity contribution is 5.25. The highest BCUT2D eigenvalue weighted by Gasteiger charge is 2.58. The fourth-order valence-electron chi connectivity index (χ4n) is 8.59. The van der Waals surface area contributed by atoms with Gasteiger partial charge >= 0.3 is 0 Å².